The second-order valence-corrected chi connectivity index (χ2v) is 3.56. The van der Waals surface area contributed by atoms with Gasteiger partial charge in [0, 0.05) is 10.0 Å². The van der Waals surface area contributed by atoms with Crippen molar-refractivity contribution in [3.05, 3.63) is 27.7 Å². The Bertz CT molecular complexity index is 463. The van der Waals surface area contributed by atoms with Crippen LogP contribution in [-0.4, -0.2) is 12.0 Å². The van der Waals surface area contributed by atoms with Crippen molar-refractivity contribution in [2.45, 2.75) is 6.61 Å². The number of aliphatic imine (C=N–C) groups is 1. The molecule has 14 heavy (non-hydrogen) atoms. The third-order valence-electron chi connectivity index (χ3n) is 1.94. The number of halogens is 1. The summed E-state index contributed by atoms with van der Waals surface area (Å²) in [6.07, 6.45) is 1.41. The van der Waals surface area contributed by atoms with Gasteiger partial charge < -0.3 is 4.74 Å². The van der Waals surface area contributed by atoms with Gasteiger partial charge in [0.2, 0.25) is 6.08 Å². The monoisotopic (exact) mass is 253 g/mol. The molecule has 70 valence electrons. The molecule has 1 aromatic carbocycles. The molecule has 2 rings (SSSR count). The van der Waals surface area contributed by atoms with Gasteiger partial charge in [-0.1, -0.05) is 6.07 Å². The second-order valence-electron chi connectivity index (χ2n) is 2.71. The number of hydrogen-bond donors (Lipinski definition) is 0. The summed E-state index contributed by atoms with van der Waals surface area (Å²) in [5.74, 6) is -0.449. The summed E-state index contributed by atoms with van der Waals surface area (Å²) in [5.41, 5.74) is 1.38. The molecule has 1 aromatic rings. The van der Waals surface area contributed by atoms with Crippen LogP contribution in [0.1, 0.15) is 15.9 Å². The number of esters is 1. The summed E-state index contributed by atoms with van der Waals surface area (Å²) in [7, 11) is 0. The lowest BCUT2D eigenvalue weighted by molar-refractivity contribution is 0.0535. The zero-order chi connectivity index (χ0) is 10.1. The van der Waals surface area contributed by atoms with Crippen LogP contribution in [0.5, 0.6) is 0 Å². The molecule has 1 aliphatic rings. The normalized spacial score (nSPS) is 13.1. The van der Waals surface area contributed by atoms with Crippen molar-refractivity contribution in [1.82, 2.24) is 0 Å². The van der Waals surface area contributed by atoms with E-state index >= 15 is 0 Å². The highest BCUT2D eigenvalue weighted by Gasteiger charge is 2.26. The molecule has 1 heterocycles. The molecule has 0 aliphatic carbocycles. The summed E-state index contributed by atoms with van der Waals surface area (Å²) in [6, 6.07) is 3.48. The predicted molar refractivity (Wildman–Crippen MR) is 51.0 cm³/mol. The molecule has 5 heteroatoms. The van der Waals surface area contributed by atoms with Crippen LogP contribution in [-0.2, 0) is 16.1 Å². The highest BCUT2D eigenvalue weighted by Crippen LogP contribution is 2.35. The number of nitrogens with zero attached hydrogens (tertiary/aromatic N) is 1. The highest BCUT2D eigenvalue weighted by atomic mass is 79.9. The smallest absolute Gasteiger partial charge is 0.341 e. The van der Waals surface area contributed by atoms with Gasteiger partial charge in [0.1, 0.15) is 12.3 Å². The second kappa shape index (κ2) is 3.36. The molecule has 0 saturated heterocycles. The Labute approximate surface area is 87.7 Å². The van der Waals surface area contributed by atoms with Crippen LogP contribution < -0.4 is 0 Å². The number of carbonyl (C=O) groups is 1. The number of carbonyl (C=O) groups excluding carboxylic acids is 2. The lowest BCUT2D eigenvalue weighted by Crippen LogP contribution is -1.94. The van der Waals surface area contributed by atoms with E-state index in [1.807, 2.05) is 0 Å². The number of fused-ring (bicyclic) bond motifs is 1. The fourth-order valence-electron chi connectivity index (χ4n) is 1.33. The number of rotatable bonds is 1. The van der Waals surface area contributed by atoms with Gasteiger partial charge in [-0.3, -0.25) is 0 Å². The van der Waals surface area contributed by atoms with Crippen molar-refractivity contribution in [3.8, 4) is 0 Å². The first kappa shape index (κ1) is 9.12. The quantitative estimate of drug-likeness (QED) is 0.438. The van der Waals surface area contributed by atoms with E-state index in [4.69, 9.17) is 4.74 Å². The molecule has 0 unspecified atom stereocenters. The van der Waals surface area contributed by atoms with Crippen LogP contribution in [0.3, 0.4) is 0 Å². The molecular formula is C9H4BrNO3. The lowest BCUT2D eigenvalue weighted by atomic mass is 10.1. The van der Waals surface area contributed by atoms with Crippen molar-refractivity contribution >= 4 is 33.7 Å². The predicted octanol–water partition coefficient (Wildman–Crippen LogP) is 2.09. The van der Waals surface area contributed by atoms with E-state index in [0.29, 0.717) is 15.7 Å². The maximum absolute atomic E-state index is 11.3. The number of hydrogen-bond acceptors (Lipinski definition) is 4. The molecule has 1 aliphatic heterocycles. The molecule has 0 amide bonds. The minimum Gasteiger partial charge on any atom is -0.457 e. The van der Waals surface area contributed by atoms with E-state index in [2.05, 4.69) is 20.9 Å². The van der Waals surface area contributed by atoms with Gasteiger partial charge in [0.25, 0.3) is 0 Å². The van der Waals surface area contributed by atoms with Crippen LogP contribution in [0.15, 0.2) is 21.6 Å². The fraction of sp³-hybridized carbons (Fsp3) is 0.111. The van der Waals surface area contributed by atoms with Crippen LogP contribution in [0.2, 0.25) is 0 Å². The van der Waals surface area contributed by atoms with Crippen LogP contribution in [0.25, 0.3) is 0 Å². The van der Waals surface area contributed by atoms with Crippen LogP contribution in [0.4, 0.5) is 5.69 Å². The van der Waals surface area contributed by atoms with Crippen molar-refractivity contribution < 1.29 is 14.3 Å². The first-order valence-electron chi connectivity index (χ1n) is 3.80. The Morgan fingerprint density at radius 3 is 3.00 bits per heavy atom. The fourth-order valence-corrected chi connectivity index (χ4v) is 1.75. The summed E-state index contributed by atoms with van der Waals surface area (Å²) in [4.78, 5) is 24.9. The Balaban J connectivity index is 2.74. The standard InChI is InChI=1S/C9H4BrNO3/c10-6-2-1-5-3-14-9(13)7(5)8(6)11-4-12/h1-2H,3H2. The van der Waals surface area contributed by atoms with E-state index < -0.39 is 5.97 Å². The first-order chi connectivity index (χ1) is 6.74. The average Bonchev–Trinajstić information content (AvgIpc) is 2.53. The van der Waals surface area contributed by atoms with E-state index in [1.165, 1.54) is 6.08 Å². The Morgan fingerprint density at radius 1 is 1.50 bits per heavy atom. The molecule has 0 radical (unpaired) electrons. The summed E-state index contributed by atoms with van der Waals surface area (Å²) in [6.45, 7) is 0.239. The van der Waals surface area contributed by atoms with Gasteiger partial charge in [-0.15, -0.1) is 0 Å². The number of cyclic esters (lactones) is 1. The topological polar surface area (TPSA) is 55.7 Å². The molecule has 0 fully saturated rings. The molecule has 0 spiro atoms. The third-order valence-corrected chi connectivity index (χ3v) is 2.58. The van der Waals surface area contributed by atoms with Gasteiger partial charge in [0.05, 0.1) is 5.56 Å². The highest BCUT2D eigenvalue weighted by molar-refractivity contribution is 9.10. The number of ether oxygens (including phenoxy) is 1. The minimum absolute atomic E-state index is 0.239. The van der Waals surface area contributed by atoms with E-state index in [-0.39, 0.29) is 6.61 Å². The van der Waals surface area contributed by atoms with Gasteiger partial charge in [0.15, 0.2) is 0 Å². The Hall–Kier alpha value is -1.45. The van der Waals surface area contributed by atoms with Gasteiger partial charge >= 0.3 is 5.97 Å². The van der Waals surface area contributed by atoms with Crippen molar-refractivity contribution in [2.24, 2.45) is 4.99 Å². The van der Waals surface area contributed by atoms with Gasteiger partial charge in [-0.2, -0.15) is 4.99 Å². The molecule has 0 saturated carbocycles. The van der Waals surface area contributed by atoms with E-state index in [0.717, 1.165) is 5.56 Å². The Kier molecular flexibility index (Phi) is 2.19. The van der Waals surface area contributed by atoms with Gasteiger partial charge in [-0.05, 0) is 22.0 Å². The third kappa shape index (κ3) is 1.27. The zero-order valence-corrected chi connectivity index (χ0v) is 8.50. The van der Waals surface area contributed by atoms with E-state index in [1.54, 1.807) is 12.1 Å². The number of isocyanates is 1. The van der Waals surface area contributed by atoms with Crippen molar-refractivity contribution in [1.29, 1.82) is 0 Å². The molecule has 0 aromatic heterocycles. The number of benzene rings is 1. The van der Waals surface area contributed by atoms with Crippen molar-refractivity contribution in [3.63, 3.8) is 0 Å². The minimum atomic E-state index is -0.449. The maximum Gasteiger partial charge on any atom is 0.341 e. The molecule has 0 N–H and O–H groups in total. The lowest BCUT2D eigenvalue weighted by Gasteiger charge is -2.00. The summed E-state index contributed by atoms with van der Waals surface area (Å²) < 4.78 is 5.40. The molecule has 4 nitrogen and oxygen atoms in total. The van der Waals surface area contributed by atoms with E-state index in [9.17, 15) is 9.59 Å². The molecule has 0 bridgehead atoms. The Morgan fingerprint density at radius 2 is 2.29 bits per heavy atom. The maximum atomic E-state index is 11.3. The average molecular weight is 254 g/mol. The molecule has 0 atom stereocenters. The largest absolute Gasteiger partial charge is 0.457 e. The van der Waals surface area contributed by atoms with Crippen LogP contribution >= 0.6 is 15.9 Å². The SMILES string of the molecule is O=C=Nc1c(Br)ccc2c1C(=O)OC2. The van der Waals surface area contributed by atoms with Crippen LogP contribution in [0, 0.1) is 0 Å². The van der Waals surface area contributed by atoms with Crippen molar-refractivity contribution in [2.75, 3.05) is 0 Å². The van der Waals surface area contributed by atoms with Gasteiger partial charge in [-0.25, -0.2) is 9.59 Å². The molecular weight excluding hydrogens is 250 g/mol. The zero-order valence-electron chi connectivity index (χ0n) is 6.91. The summed E-state index contributed by atoms with van der Waals surface area (Å²) >= 11 is 3.20. The summed E-state index contributed by atoms with van der Waals surface area (Å²) in [5, 5.41) is 0. The first-order valence-corrected chi connectivity index (χ1v) is 4.59.